The van der Waals surface area contributed by atoms with Crippen molar-refractivity contribution in [2.75, 3.05) is 0 Å². The van der Waals surface area contributed by atoms with Gasteiger partial charge in [0, 0.05) is 114 Å². The SMILES string of the molecule is CC1(C)c2cc3oc4ccccc4c3cc2-c2cccc(-c3nc(-c4cc5ccccc5c5ccccc45)nc4sc5ccccc5c34)c21.CC1(C)c2ccccc2-c2c1ccc1oc3ccc(-c4nc(-c5ccc6ccccc6c5)nc5oc6ccccc6c45)cc3c21.CC1(C)c2ccccc2-c2ccc(-c3nc(-c4ccccc4)nc(-c4cccc5c4-c4ccc6oc7ccccc7c6c4C5(C)C)n3)cc21. The monoisotopic (exact) mass is 1850 g/mol. The summed E-state index contributed by atoms with van der Waals surface area (Å²) >= 11 is 1.75. The van der Waals surface area contributed by atoms with E-state index in [0.29, 0.717) is 29.0 Å². The van der Waals surface area contributed by atoms with Gasteiger partial charge in [-0.25, -0.2) is 29.9 Å². The fourth-order valence-electron chi connectivity index (χ4n) is 24.5. The van der Waals surface area contributed by atoms with Gasteiger partial charge < -0.3 is 17.7 Å². The molecule has 676 valence electrons. The Bertz CT molecular complexity index is 10200. The highest BCUT2D eigenvalue weighted by Gasteiger charge is 2.44. The van der Waals surface area contributed by atoms with Gasteiger partial charge in [0.1, 0.15) is 43.9 Å². The molecule has 0 fully saturated rings. The van der Waals surface area contributed by atoms with Gasteiger partial charge in [0.15, 0.2) is 29.1 Å². The number of hydrogen-bond donors (Lipinski definition) is 0. The molecule has 0 amide bonds. The van der Waals surface area contributed by atoms with E-state index in [-0.39, 0.29) is 21.7 Å². The molecule has 0 aliphatic heterocycles. The van der Waals surface area contributed by atoms with E-state index in [9.17, 15) is 0 Å². The van der Waals surface area contributed by atoms with Crippen LogP contribution in [0.1, 0.15) is 99.9 Å². The van der Waals surface area contributed by atoms with Gasteiger partial charge in [0.05, 0.1) is 16.8 Å². The number of para-hydroxylation sites is 3. The number of furan rings is 4. The Hall–Kier alpha value is -17.5. The number of benzene rings is 19. The van der Waals surface area contributed by atoms with E-state index < -0.39 is 0 Å². The maximum absolute atomic E-state index is 6.48. The van der Waals surface area contributed by atoms with Gasteiger partial charge in [0.25, 0.3) is 0 Å². The topological polar surface area (TPSA) is 143 Å². The molecule has 4 aliphatic rings. The lowest BCUT2D eigenvalue weighted by Gasteiger charge is -2.24. The van der Waals surface area contributed by atoms with Gasteiger partial charge >= 0.3 is 0 Å². The molecule has 19 aromatic carbocycles. The van der Waals surface area contributed by atoms with E-state index in [0.717, 1.165) is 154 Å². The summed E-state index contributed by atoms with van der Waals surface area (Å²) in [4.78, 5) is 37.8. The lowest BCUT2D eigenvalue weighted by Crippen LogP contribution is -2.16. The number of aromatic nitrogens is 7. The van der Waals surface area contributed by atoms with Crippen molar-refractivity contribution in [2.45, 2.75) is 77.0 Å². The summed E-state index contributed by atoms with van der Waals surface area (Å²) in [5.74, 6) is 3.39. The molecule has 4 aliphatic carbocycles. The van der Waals surface area contributed by atoms with E-state index >= 15 is 0 Å². The molecule has 0 N–H and O–H groups in total. The highest BCUT2D eigenvalue weighted by atomic mass is 32.1. The summed E-state index contributed by atoms with van der Waals surface area (Å²) in [6.45, 7) is 18.6. The van der Waals surface area contributed by atoms with Gasteiger partial charge in [-0.3, -0.25) is 0 Å². The molecule has 31 rings (SSSR count). The normalized spacial score (nSPS) is 14.1. The van der Waals surface area contributed by atoms with Crippen molar-refractivity contribution < 1.29 is 17.7 Å². The maximum Gasteiger partial charge on any atom is 0.231 e. The Morgan fingerprint density at radius 3 is 1.52 bits per heavy atom. The van der Waals surface area contributed by atoms with Crippen molar-refractivity contribution in [1.29, 1.82) is 0 Å². The largest absolute Gasteiger partial charge is 0.456 e. The van der Waals surface area contributed by atoms with Gasteiger partial charge in [-0.05, 0) is 206 Å². The minimum atomic E-state index is -0.284. The molecule has 0 spiro atoms. The quantitative estimate of drug-likeness (QED) is 0.141. The molecule has 0 unspecified atom stereocenters. The Labute approximate surface area is 826 Å². The van der Waals surface area contributed by atoms with Crippen LogP contribution in [0.2, 0.25) is 0 Å². The second-order valence-corrected chi connectivity index (χ2v) is 41.7. The molecule has 8 heterocycles. The van der Waals surface area contributed by atoms with Crippen molar-refractivity contribution in [2.24, 2.45) is 0 Å². The number of thiophene rings is 1. The van der Waals surface area contributed by atoms with E-state index in [1.807, 2.05) is 48.5 Å². The average Bonchev–Trinajstić information content (AvgIpc) is 1.54. The standard InChI is InChI=1S/C45H33N3O.C45H28N2OS.C41H26N2O2/c1-44(2)33-18-10-8-15-28(33)29-22-21-27(25-35(29)44)42-46-41(26-13-6-5-7-14-26)47-43(48-42)32-17-12-19-34-38(32)31-23-24-37-39(40(31)45(34,3)4)30-16-9-11-20-36(30)49-37;1-45(2)36-24-38-34(29-16-7-9-20-37(29)48-38)23-33(36)30-18-11-19-32(41(30)45)42-40-31-17-8-10-21-39(31)49-44(40)47-43(46-42)35-22-25-12-3-4-13-26(25)27-14-5-6-15-28(27)35;1-41(2)30-13-7-5-11-27(30)35-31(41)18-20-34-36(35)29-22-25(17-19-33(29)44-34)38-37-28-12-6-8-14-32(28)45-40(37)43-39(42-38)26-16-15-23-9-3-4-10-24(23)21-26/h5-25H,1-4H3;3-24H,1-2H3;3-22H,1-2H3. The van der Waals surface area contributed by atoms with Crippen molar-refractivity contribution in [3.05, 3.63) is 427 Å². The highest BCUT2D eigenvalue weighted by Crippen LogP contribution is 2.60. The fourth-order valence-corrected chi connectivity index (χ4v) is 25.6. The third-order valence-corrected chi connectivity index (χ3v) is 32.4. The molecule has 0 saturated heterocycles. The first kappa shape index (κ1) is 82.6. The van der Waals surface area contributed by atoms with Crippen molar-refractivity contribution in [3.8, 4) is 124 Å². The van der Waals surface area contributed by atoms with Crippen molar-refractivity contribution in [1.82, 2.24) is 34.9 Å². The molecule has 11 nitrogen and oxygen atoms in total. The van der Waals surface area contributed by atoms with Crippen LogP contribution in [0.25, 0.3) is 264 Å². The molecule has 8 aromatic heterocycles. The van der Waals surface area contributed by atoms with Crippen LogP contribution in [0.4, 0.5) is 0 Å². The van der Waals surface area contributed by atoms with Crippen LogP contribution < -0.4 is 0 Å². The third-order valence-electron chi connectivity index (χ3n) is 31.3. The minimum absolute atomic E-state index is 0.0927. The number of rotatable bonds is 7. The van der Waals surface area contributed by atoms with Crippen molar-refractivity contribution in [3.63, 3.8) is 0 Å². The van der Waals surface area contributed by atoms with Gasteiger partial charge in [-0.1, -0.05) is 353 Å². The van der Waals surface area contributed by atoms with Crippen LogP contribution in [-0.4, -0.2) is 34.9 Å². The second kappa shape index (κ2) is 30.5. The zero-order valence-electron chi connectivity index (χ0n) is 79.5. The molecule has 27 aromatic rings. The number of fused-ring (bicyclic) bond motifs is 33. The Balaban J connectivity index is 0.000000102. The Morgan fingerprint density at radius 1 is 0.203 bits per heavy atom. The first-order valence-corrected chi connectivity index (χ1v) is 49.9. The van der Waals surface area contributed by atoms with E-state index in [1.165, 1.54) is 126 Å². The second-order valence-electron chi connectivity index (χ2n) is 40.7. The van der Waals surface area contributed by atoms with Crippen LogP contribution in [0.15, 0.2) is 400 Å². The molecule has 0 saturated carbocycles. The van der Waals surface area contributed by atoms with Crippen LogP contribution in [0.3, 0.4) is 0 Å². The summed E-state index contributed by atoms with van der Waals surface area (Å²) in [5.41, 5.74) is 35.5. The van der Waals surface area contributed by atoms with E-state index in [2.05, 4.69) is 389 Å². The van der Waals surface area contributed by atoms with Gasteiger partial charge in [-0.2, -0.15) is 4.98 Å². The van der Waals surface area contributed by atoms with Gasteiger partial charge in [0.2, 0.25) is 5.71 Å². The average molecular weight is 1860 g/mol. The lowest BCUT2D eigenvalue weighted by atomic mass is 9.79. The predicted octanol–water partition coefficient (Wildman–Crippen LogP) is 35.1. The summed E-state index contributed by atoms with van der Waals surface area (Å²) in [7, 11) is 0. The summed E-state index contributed by atoms with van der Waals surface area (Å²) < 4.78 is 26.8. The molecule has 0 radical (unpaired) electrons. The van der Waals surface area contributed by atoms with Gasteiger partial charge in [-0.15, -0.1) is 11.3 Å². The minimum Gasteiger partial charge on any atom is -0.456 e. The fraction of sp³-hybridized carbons (Fsp3) is 0.0916. The molecular weight excluding hydrogens is 1770 g/mol. The predicted molar refractivity (Wildman–Crippen MR) is 587 cm³/mol. The van der Waals surface area contributed by atoms with Crippen LogP contribution in [0, 0.1) is 0 Å². The lowest BCUT2D eigenvalue weighted by molar-refractivity contribution is 0.648. The van der Waals surface area contributed by atoms with E-state index in [1.54, 1.807) is 11.3 Å². The van der Waals surface area contributed by atoms with Crippen LogP contribution >= 0.6 is 11.3 Å². The Morgan fingerprint density at radius 2 is 0.713 bits per heavy atom. The summed E-state index contributed by atoms with van der Waals surface area (Å²) in [6.07, 6.45) is 0. The number of hydrogen-bond acceptors (Lipinski definition) is 12. The molecule has 143 heavy (non-hydrogen) atoms. The smallest absolute Gasteiger partial charge is 0.231 e. The first-order valence-electron chi connectivity index (χ1n) is 49.0. The third kappa shape index (κ3) is 12.3. The summed E-state index contributed by atoms with van der Waals surface area (Å²) in [6, 6.07) is 135. The van der Waals surface area contributed by atoms with Crippen molar-refractivity contribution >= 4 is 152 Å². The first-order chi connectivity index (χ1) is 69.9. The zero-order chi connectivity index (χ0) is 95.4. The Kier molecular flexibility index (Phi) is 17.6. The molecule has 12 heteroatoms. The number of nitrogens with zero attached hydrogens (tertiary/aromatic N) is 7. The molecule has 0 atom stereocenters. The molecule has 0 bridgehead atoms. The summed E-state index contributed by atoms with van der Waals surface area (Å²) in [5, 5.41) is 18.2. The van der Waals surface area contributed by atoms with Crippen LogP contribution in [-0.2, 0) is 21.7 Å². The van der Waals surface area contributed by atoms with E-state index in [4.69, 9.17) is 52.6 Å². The van der Waals surface area contributed by atoms with Crippen LogP contribution in [0.5, 0.6) is 0 Å². The maximum atomic E-state index is 6.48. The highest BCUT2D eigenvalue weighted by molar-refractivity contribution is 7.25. The molecular formula is C131H87N7O4S. The zero-order valence-corrected chi connectivity index (χ0v) is 80.4.